The average molecular weight is 727 g/mol. The second-order valence-corrected chi connectivity index (χ2v) is 32.5. The van der Waals surface area contributed by atoms with Crippen LogP contribution in [0.3, 0.4) is 0 Å². The third-order valence-corrected chi connectivity index (χ3v) is 29.1. The van der Waals surface area contributed by atoms with Gasteiger partial charge in [-0.3, -0.25) is 0 Å². The maximum absolute atomic E-state index is 7.67. The predicted molar refractivity (Wildman–Crippen MR) is 191 cm³/mol. The topological polar surface area (TPSA) is 36.9 Å². The molecule has 0 bridgehead atoms. The summed E-state index contributed by atoms with van der Waals surface area (Å²) in [5.74, 6) is 0. The lowest BCUT2D eigenvalue weighted by atomic mass is 10.2. The highest BCUT2D eigenvalue weighted by molar-refractivity contribution is 14.1. The van der Waals surface area contributed by atoms with E-state index in [-0.39, 0.29) is 12.2 Å². The molecular formula is C32H67IO4Si3. The highest BCUT2D eigenvalue weighted by Gasteiger charge is 2.56. The zero-order chi connectivity index (χ0) is 31.5. The van der Waals surface area contributed by atoms with Crippen LogP contribution in [0.5, 0.6) is 0 Å². The Balaban J connectivity index is 3.95. The molecule has 0 N–H and O–H groups in total. The van der Waals surface area contributed by atoms with Gasteiger partial charge in [-0.1, -0.05) is 125 Å². The molecule has 0 aromatic heterocycles. The fraction of sp³-hybridized carbons (Fsp3) is 0.938. The molecule has 0 aliphatic carbocycles. The van der Waals surface area contributed by atoms with E-state index in [0.717, 1.165) is 3.77 Å². The second kappa shape index (κ2) is 15.2. The summed E-state index contributed by atoms with van der Waals surface area (Å²) in [6.45, 7) is 42.5. The van der Waals surface area contributed by atoms with Crippen molar-refractivity contribution >= 4 is 47.5 Å². The Morgan fingerprint density at radius 2 is 0.775 bits per heavy atom. The van der Waals surface area contributed by atoms with Crippen molar-refractivity contribution in [2.45, 2.75) is 193 Å². The molecule has 0 saturated carbocycles. The summed E-state index contributed by atoms with van der Waals surface area (Å²) < 4.78 is 30.3. The highest BCUT2D eigenvalue weighted by atomic mass is 127. The Bertz CT molecular complexity index is 743. The third-order valence-electron chi connectivity index (χ3n) is 10.2. The summed E-state index contributed by atoms with van der Waals surface area (Å²) in [6, 6.07) is 0. The van der Waals surface area contributed by atoms with Gasteiger partial charge < -0.3 is 18.0 Å². The molecule has 1 aliphatic rings. The van der Waals surface area contributed by atoms with Crippen LogP contribution < -0.4 is 0 Å². The number of hydrogen-bond donors (Lipinski definition) is 0. The molecule has 40 heavy (non-hydrogen) atoms. The summed E-state index contributed by atoms with van der Waals surface area (Å²) in [4.78, 5) is 0. The van der Waals surface area contributed by atoms with Crippen molar-refractivity contribution in [3.8, 4) is 0 Å². The van der Waals surface area contributed by atoms with Crippen LogP contribution in [0.1, 0.15) is 125 Å². The number of hydrogen-bond acceptors (Lipinski definition) is 4. The molecule has 0 amide bonds. The van der Waals surface area contributed by atoms with Crippen molar-refractivity contribution in [3.05, 3.63) is 9.84 Å². The van der Waals surface area contributed by atoms with Gasteiger partial charge in [-0.25, -0.2) is 0 Å². The lowest BCUT2D eigenvalue weighted by molar-refractivity contribution is -0.152. The lowest BCUT2D eigenvalue weighted by Gasteiger charge is -2.53. The van der Waals surface area contributed by atoms with Gasteiger partial charge in [-0.05, 0) is 78.5 Å². The minimum Gasteiger partial charge on any atom is -0.457 e. The maximum atomic E-state index is 7.67. The molecule has 0 aromatic rings. The van der Waals surface area contributed by atoms with Crippen LogP contribution in [-0.4, -0.2) is 43.5 Å². The van der Waals surface area contributed by atoms with Gasteiger partial charge in [-0.15, -0.1) is 0 Å². The average Bonchev–Trinajstić information content (AvgIpc) is 2.77. The molecule has 3 atom stereocenters. The minimum atomic E-state index is -2.28. The third kappa shape index (κ3) is 7.53. The van der Waals surface area contributed by atoms with E-state index in [9.17, 15) is 0 Å². The maximum Gasteiger partial charge on any atom is 0.219 e. The van der Waals surface area contributed by atoms with Crippen LogP contribution in [-0.2, 0) is 18.0 Å². The first-order chi connectivity index (χ1) is 18.2. The minimum absolute atomic E-state index is 0.189. The normalized spacial score (nSPS) is 21.8. The van der Waals surface area contributed by atoms with E-state index in [2.05, 4.69) is 153 Å². The Morgan fingerprint density at radius 3 is 1.07 bits per heavy atom. The Morgan fingerprint density at radius 1 is 0.500 bits per heavy atom. The summed E-state index contributed by atoms with van der Waals surface area (Å²) in [6.07, 6.45) is 1.26. The summed E-state index contributed by atoms with van der Waals surface area (Å²) in [5, 5.41) is 0. The zero-order valence-corrected chi connectivity index (χ0v) is 34.7. The van der Waals surface area contributed by atoms with E-state index in [0.29, 0.717) is 49.9 Å². The molecule has 0 aromatic carbocycles. The highest BCUT2D eigenvalue weighted by Crippen LogP contribution is 2.50. The zero-order valence-electron chi connectivity index (χ0n) is 29.5. The van der Waals surface area contributed by atoms with Crippen molar-refractivity contribution in [1.29, 1.82) is 0 Å². The van der Waals surface area contributed by atoms with Gasteiger partial charge >= 0.3 is 0 Å². The van der Waals surface area contributed by atoms with E-state index >= 15 is 0 Å². The van der Waals surface area contributed by atoms with E-state index in [1.807, 2.05) is 0 Å². The van der Waals surface area contributed by atoms with Crippen LogP contribution in [0.25, 0.3) is 0 Å². The Labute approximate surface area is 267 Å². The SMILES string of the molecule is CC(C)[Si](O[C@H]1OC(I)=C[C@@H](O[Si](C(C)C)(C(C)C)C(C)C)[C@H]1O[Si](C(C)C)(C(C)C)C(C)C)(C(C)C)C(C)C. The van der Waals surface area contributed by atoms with E-state index < -0.39 is 31.2 Å². The van der Waals surface area contributed by atoms with Gasteiger partial charge in [0, 0.05) is 0 Å². The molecular weight excluding hydrogens is 660 g/mol. The predicted octanol–water partition coefficient (Wildman–Crippen LogP) is 11.9. The monoisotopic (exact) mass is 726 g/mol. The molecule has 0 fully saturated rings. The summed E-state index contributed by atoms with van der Waals surface area (Å²) in [7, 11) is -6.75. The first-order valence-corrected chi connectivity index (χ1v) is 23.7. The standard InChI is InChI=1S/C32H67IO4Si3/c1-20(2)38(21(3)4,22(5)6)35-29-19-30(33)34-32(37-40(26(13)14,27(15)16)28(17)18)31(29)36-39(23(7)8,24(9)10)25(11)12/h19-29,31-32H,1-18H3/t29-,31-,32-/m1/s1. The Kier molecular flexibility index (Phi) is 14.7. The molecule has 1 aliphatic heterocycles. The van der Waals surface area contributed by atoms with Crippen LogP contribution in [0.4, 0.5) is 0 Å². The van der Waals surface area contributed by atoms with Crippen molar-refractivity contribution in [3.63, 3.8) is 0 Å². The molecule has 0 unspecified atom stereocenters. The summed E-state index contributed by atoms with van der Waals surface area (Å²) >= 11 is 2.35. The second-order valence-electron chi connectivity index (χ2n) is 15.2. The van der Waals surface area contributed by atoms with Crippen LogP contribution in [0, 0.1) is 0 Å². The molecule has 1 heterocycles. The van der Waals surface area contributed by atoms with Gasteiger partial charge in [0.15, 0.2) is 3.77 Å². The van der Waals surface area contributed by atoms with Crippen molar-refractivity contribution in [1.82, 2.24) is 0 Å². The van der Waals surface area contributed by atoms with Gasteiger partial charge in [0.2, 0.25) is 31.2 Å². The van der Waals surface area contributed by atoms with Gasteiger partial charge in [-0.2, -0.15) is 0 Å². The van der Waals surface area contributed by atoms with E-state index in [1.165, 1.54) is 0 Å². The molecule has 0 saturated heterocycles. The van der Waals surface area contributed by atoms with Crippen molar-refractivity contribution < 1.29 is 18.0 Å². The Hall–Kier alpha value is 0.801. The molecule has 0 spiro atoms. The largest absolute Gasteiger partial charge is 0.457 e. The lowest BCUT2D eigenvalue weighted by Crippen LogP contribution is -2.62. The van der Waals surface area contributed by atoms with E-state index in [4.69, 9.17) is 18.0 Å². The number of halogens is 1. The first-order valence-electron chi connectivity index (χ1n) is 16.2. The van der Waals surface area contributed by atoms with Crippen molar-refractivity contribution in [2.24, 2.45) is 0 Å². The van der Waals surface area contributed by atoms with Crippen molar-refractivity contribution in [2.75, 3.05) is 0 Å². The first kappa shape index (κ1) is 38.8. The molecule has 4 nitrogen and oxygen atoms in total. The fourth-order valence-electron chi connectivity index (χ4n) is 8.81. The number of ether oxygens (including phenoxy) is 1. The quantitative estimate of drug-likeness (QED) is 0.124. The van der Waals surface area contributed by atoms with Gasteiger partial charge in [0.05, 0.1) is 6.10 Å². The van der Waals surface area contributed by atoms with Crippen LogP contribution >= 0.6 is 22.6 Å². The number of rotatable bonds is 15. The molecule has 238 valence electrons. The van der Waals surface area contributed by atoms with Gasteiger partial charge in [0.1, 0.15) is 6.10 Å². The van der Waals surface area contributed by atoms with Crippen LogP contribution in [0.2, 0.25) is 49.9 Å². The van der Waals surface area contributed by atoms with Crippen LogP contribution in [0.15, 0.2) is 9.84 Å². The smallest absolute Gasteiger partial charge is 0.219 e. The molecule has 8 heteroatoms. The van der Waals surface area contributed by atoms with E-state index in [1.54, 1.807) is 0 Å². The summed E-state index contributed by atoms with van der Waals surface area (Å²) in [5.41, 5.74) is 4.21. The van der Waals surface area contributed by atoms with Gasteiger partial charge in [0.25, 0.3) is 0 Å². The molecule has 0 radical (unpaired) electrons. The molecule has 1 rings (SSSR count). The fourth-order valence-corrected chi connectivity index (χ4v) is 25.8.